The van der Waals surface area contributed by atoms with E-state index in [9.17, 15) is 14.0 Å². The second-order valence-corrected chi connectivity index (χ2v) is 6.01. The molecule has 1 aromatic carbocycles. The largest absolute Gasteiger partial charge is 0.396 e. The van der Waals surface area contributed by atoms with E-state index in [0.29, 0.717) is 17.4 Å². The topological polar surface area (TPSA) is 84.2 Å². The Morgan fingerprint density at radius 2 is 2.10 bits per heavy atom. The van der Waals surface area contributed by atoms with Gasteiger partial charge in [0, 0.05) is 11.4 Å². The molecule has 5 nitrogen and oxygen atoms in total. The van der Waals surface area contributed by atoms with Crippen molar-refractivity contribution in [2.24, 2.45) is 5.92 Å². The zero-order chi connectivity index (χ0) is 15.8. The van der Waals surface area contributed by atoms with Gasteiger partial charge in [-0.25, -0.2) is 9.18 Å². The number of anilines is 1. The first-order valence-corrected chi connectivity index (χ1v) is 7.62. The van der Waals surface area contributed by atoms with Crippen LogP contribution < -0.4 is 16.4 Å². The van der Waals surface area contributed by atoms with E-state index >= 15 is 0 Å². The number of benzene rings is 1. The molecule has 0 saturated heterocycles. The lowest BCUT2D eigenvalue weighted by molar-refractivity contribution is -0.117. The van der Waals surface area contributed by atoms with Crippen LogP contribution in [0.5, 0.6) is 0 Å². The molecule has 1 rings (SSSR count). The number of hydrogen-bond acceptors (Lipinski definition) is 4. The molecule has 0 aromatic heterocycles. The van der Waals surface area contributed by atoms with Crippen molar-refractivity contribution < 1.29 is 14.0 Å². The number of amides is 3. The van der Waals surface area contributed by atoms with Gasteiger partial charge in [-0.1, -0.05) is 13.8 Å². The highest BCUT2D eigenvalue weighted by Crippen LogP contribution is 2.21. The molecule has 0 unspecified atom stereocenters. The Morgan fingerprint density at radius 1 is 1.38 bits per heavy atom. The lowest BCUT2D eigenvalue weighted by Gasteiger charge is -2.08. The van der Waals surface area contributed by atoms with Crippen LogP contribution in [-0.2, 0) is 4.79 Å². The molecule has 7 heteroatoms. The highest BCUT2D eigenvalue weighted by molar-refractivity contribution is 8.00. The number of halogens is 1. The second-order valence-electron chi connectivity index (χ2n) is 4.96. The number of nitrogens with two attached hydrogens (primary N) is 1. The molecule has 1 aromatic rings. The van der Waals surface area contributed by atoms with Crippen LogP contribution in [0.2, 0.25) is 0 Å². The Labute approximate surface area is 127 Å². The number of nitrogens with one attached hydrogen (secondary N) is 2. The maximum absolute atomic E-state index is 13.2. The van der Waals surface area contributed by atoms with Gasteiger partial charge in [0.25, 0.3) is 0 Å². The molecule has 0 aliphatic heterocycles. The van der Waals surface area contributed by atoms with E-state index < -0.39 is 17.8 Å². The Balaban J connectivity index is 2.30. The summed E-state index contributed by atoms with van der Waals surface area (Å²) in [5.74, 6) is -0.441. The van der Waals surface area contributed by atoms with Crippen LogP contribution in [0.1, 0.15) is 20.3 Å². The summed E-state index contributed by atoms with van der Waals surface area (Å²) >= 11 is 1.13. The molecule has 4 N–H and O–H groups in total. The fraction of sp³-hybridized carbons (Fsp3) is 0.429. The number of hydrogen-bond donors (Lipinski definition) is 3. The average Bonchev–Trinajstić information content (AvgIpc) is 2.39. The minimum absolute atomic E-state index is 0.0287. The summed E-state index contributed by atoms with van der Waals surface area (Å²) in [7, 11) is 0. The normalized spacial score (nSPS) is 10.5. The molecule has 0 radical (unpaired) electrons. The molecule has 0 atom stereocenters. The van der Waals surface area contributed by atoms with Crippen molar-refractivity contribution in [2.45, 2.75) is 25.2 Å². The number of imide groups is 1. The Bertz CT molecular complexity index is 509. The molecule has 116 valence electrons. The zero-order valence-corrected chi connectivity index (χ0v) is 12.9. The number of carbonyl (C=O) groups is 2. The van der Waals surface area contributed by atoms with Crippen molar-refractivity contribution in [1.29, 1.82) is 0 Å². The molecule has 0 aliphatic carbocycles. The molecule has 0 heterocycles. The average molecular weight is 313 g/mol. The standard InChI is InChI=1S/C14H20FN3O2S/c1-9(2)5-6-17-14(20)18-13(19)8-21-10-3-4-12(16)11(15)7-10/h3-4,7,9H,5-6,8,16H2,1-2H3,(H2,17,18,19,20). The lowest BCUT2D eigenvalue weighted by atomic mass is 10.1. The van der Waals surface area contributed by atoms with Gasteiger partial charge < -0.3 is 11.1 Å². The van der Waals surface area contributed by atoms with Crippen LogP contribution in [0, 0.1) is 11.7 Å². The third kappa shape index (κ3) is 6.99. The molecule has 21 heavy (non-hydrogen) atoms. The fourth-order valence-electron chi connectivity index (χ4n) is 1.43. The number of urea groups is 1. The van der Waals surface area contributed by atoms with Gasteiger partial charge in [-0.15, -0.1) is 11.8 Å². The van der Waals surface area contributed by atoms with Gasteiger partial charge >= 0.3 is 6.03 Å². The Hall–Kier alpha value is -1.76. The number of carbonyl (C=O) groups excluding carboxylic acids is 2. The van der Waals surface area contributed by atoms with Crippen LogP contribution >= 0.6 is 11.8 Å². The number of thioether (sulfide) groups is 1. The van der Waals surface area contributed by atoms with Crippen molar-refractivity contribution in [3.63, 3.8) is 0 Å². The lowest BCUT2D eigenvalue weighted by Crippen LogP contribution is -2.40. The minimum Gasteiger partial charge on any atom is -0.396 e. The molecular formula is C14H20FN3O2S. The van der Waals surface area contributed by atoms with Gasteiger partial charge in [-0.05, 0) is 30.5 Å². The predicted octanol–water partition coefficient (Wildman–Crippen LogP) is 2.37. The molecule has 0 spiro atoms. The fourth-order valence-corrected chi connectivity index (χ4v) is 2.15. The van der Waals surface area contributed by atoms with Crippen LogP contribution in [0.3, 0.4) is 0 Å². The van der Waals surface area contributed by atoms with E-state index in [2.05, 4.69) is 10.6 Å². The summed E-state index contributed by atoms with van der Waals surface area (Å²) < 4.78 is 13.2. The monoisotopic (exact) mass is 313 g/mol. The highest BCUT2D eigenvalue weighted by Gasteiger charge is 2.09. The van der Waals surface area contributed by atoms with Gasteiger partial charge in [0.05, 0.1) is 11.4 Å². The van der Waals surface area contributed by atoms with Gasteiger partial charge in [0.1, 0.15) is 5.82 Å². The minimum atomic E-state index is -0.521. The van der Waals surface area contributed by atoms with Gasteiger partial charge in [0.15, 0.2) is 0 Å². The second kappa shape index (κ2) is 8.51. The van der Waals surface area contributed by atoms with Gasteiger partial charge in [-0.3, -0.25) is 10.1 Å². The van der Waals surface area contributed by atoms with Crippen molar-refractivity contribution >= 4 is 29.4 Å². The van der Waals surface area contributed by atoms with Crippen molar-refractivity contribution in [3.8, 4) is 0 Å². The van der Waals surface area contributed by atoms with E-state index in [1.165, 1.54) is 12.1 Å². The third-order valence-electron chi connectivity index (χ3n) is 2.60. The van der Waals surface area contributed by atoms with Crippen molar-refractivity contribution in [1.82, 2.24) is 10.6 Å². The molecule has 0 bridgehead atoms. The first-order chi connectivity index (χ1) is 9.88. The van der Waals surface area contributed by atoms with Crippen LogP contribution in [0.4, 0.5) is 14.9 Å². The van der Waals surface area contributed by atoms with Crippen molar-refractivity contribution in [2.75, 3.05) is 18.0 Å². The Kier molecular flexibility index (Phi) is 7.01. The summed E-state index contributed by atoms with van der Waals surface area (Å²) in [4.78, 5) is 23.6. The number of nitrogen functional groups attached to an aromatic ring is 1. The Morgan fingerprint density at radius 3 is 2.71 bits per heavy atom. The number of rotatable bonds is 6. The SMILES string of the molecule is CC(C)CCNC(=O)NC(=O)CSc1ccc(N)c(F)c1. The predicted molar refractivity (Wildman–Crippen MR) is 82.5 cm³/mol. The van der Waals surface area contributed by atoms with E-state index in [-0.39, 0.29) is 11.4 Å². The first kappa shape index (κ1) is 17.3. The van der Waals surface area contributed by atoms with E-state index in [1.54, 1.807) is 6.07 Å². The zero-order valence-electron chi connectivity index (χ0n) is 12.1. The van der Waals surface area contributed by atoms with Gasteiger partial charge in [0.2, 0.25) is 5.91 Å². The van der Waals surface area contributed by atoms with Crippen LogP contribution in [0.25, 0.3) is 0 Å². The summed E-state index contributed by atoms with van der Waals surface area (Å²) in [6, 6.07) is 3.81. The quantitative estimate of drug-likeness (QED) is 0.556. The summed E-state index contributed by atoms with van der Waals surface area (Å²) in [6.07, 6.45) is 0.848. The third-order valence-corrected chi connectivity index (χ3v) is 3.60. The smallest absolute Gasteiger partial charge is 0.321 e. The maximum Gasteiger partial charge on any atom is 0.321 e. The van der Waals surface area contributed by atoms with Crippen LogP contribution in [-0.4, -0.2) is 24.2 Å². The molecule has 3 amide bonds. The van der Waals surface area contributed by atoms with E-state index in [1.807, 2.05) is 13.8 Å². The molecular weight excluding hydrogens is 293 g/mol. The molecule has 0 saturated carbocycles. The molecule has 0 fully saturated rings. The van der Waals surface area contributed by atoms with Gasteiger partial charge in [-0.2, -0.15) is 0 Å². The maximum atomic E-state index is 13.2. The summed E-state index contributed by atoms with van der Waals surface area (Å²) in [5, 5.41) is 4.82. The van der Waals surface area contributed by atoms with Crippen molar-refractivity contribution in [3.05, 3.63) is 24.0 Å². The van der Waals surface area contributed by atoms with E-state index in [4.69, 9.17) is 5.73 Å². The van der Waals surface area contributed by atoms with Crippen LogP contribution in [0.15, 0.2) is 23.1 Å². The van der Waals surface area contributed by atoms with E-state index in [0.717, 1.165) is 18.2 Å². The molecule has 0 aliphatic rings. The summed E-state index contributed by atoms with van der Waals surface area (Å²) in [6.45, 7) is 4.62. The highest BCUT2D eigenvalue weighted by atomic mass is 32.2. The first-order valence-electron chi connectivity index (χ1n) is 6.64. The summed E-state index contributed by atoms with van der Waals surface area (Å²) in [5.41, 5.74) is 5.43.